The SMILES string of the molecule is CCOc1cccc(NC(=O)[C@@H](C)Oc2ccc(C)cc2)c1. The Kier molecular flexibility index (Phi) is 5.42. The Labute approximate surface area is 131 Å². The Bertz CT molecular complexity index is 622. The maximum Gasteiger partial charge on any atom is 0.265 e. The molecule has 1 N–H and O–H groups in total. The van der Waals surface area contributed by atoms with E-state index in [0.717, 1.165) is 11.3 Å². The van der Waals surface area contributed by atoms with E-state index in [-0.39, 0.29) is 5.91 Å². The van der Waals surface area contributed by atoms with E-state index < -0.39 is 6.10 Å². The van der Waals surface area contributed by atoms with Gasteiger partial charge in [0.05, 0.1) is 6.61 Å². The first-order valence-corrected chi connectivity index (χ1v) is 7.35. The molecule has 0 radical (unpaired) electrons. The lowest BCUT2D eigenvalue weighted by Gasteiger charge is -2.15. The maximum atomic E-state index is 12.2. The van der Waals surface area contributed by atoms with Crippen LogP contribution in [0.25, 0.3) is 0 Å². The van der Waals surface area contributed by atoms with Crippen molar-refractivity contribution in [2.75, 3.05) is 11.9 Å². The molecule has 0 saturated heterocycles. The molecule has 0 heterocycles. The largest absolute Gasteiger partial charge is 0.494 e. The van der Waals surface area contributed by atoms with Crippen LogP contribution >= 0.6 is 0 Å². The summed E-state index contributed by atoms with van der Waals surface area (Å²) >= 11 is 0. The molecular weight excluding hydrogens is 278 g/mol. The molecule has 2 aromatic carbocycles. The van der Waals surface area contributed by atoms with Crippen molar-refractivity contribution in [1.29, 1.82) is 0 Å². The molecule has 2 aromatic rings. The number of ether oxygens (including phenoxy) is 2. The molecule has 4 heteroatoms. The zero-order valence-corrected chi connectivity index (χ0v) is 13.1. The Morgan fingerprint density at radius 3 is 2.55 bits per heavy atom. The van der Waals surface area contributed by atoms with E-state index >= 15 is 0 Å². The van der Waals surface area contributed by atoms with E-state index in [9.17, 15) is 4.79 Å². The molecule has 116 valence electrons. The molecule has 0 aliphatic rings. The number of hydrogen-bond donors (Lipinski definition) is 1. The quantitative estimate of drug-likeness (QED) is 0.882. The highest BCUT2D eigenvalue weighted by atomic mass is 16.5. The van der Waals surface area contributed by atoms with Crippen molar-refractivity contribution in [3.05, 3.63) is 54.1 Å². The van der Waals surface area contributed by atoms with Gasteiger partial charge in [-0.25, -0.2) is 0 Å². The molecule has 1 atom stereocenters. The zero-order chi connectivity index (χ0) is 15.9. The Morgan fingerprint density at radius 1 is 1.14 bits per heavy atom. The first-order valence-electron chi connectivity index (χ1n) is 7.35. The van der Waals surface area contributed by atoms with Crippen LogP contribution in [0.3, 0.4) is 0 Å². The van der Waals surface area contributed by atoms with Crippen LogP contribution < -0.4 is 14.8 Å². The van der Waals surface area contributed by atoms with E-state index in [4.69, 9.17) is 9.47 Å². The second kappa shape index (κ2) is 7.50. The van der Waals surface area contributed by atoms with Gasteiger partial charge in [0.2, 0.25) is 0 Å². The van der Waals surface area contributed by atoms with Crippen LogP contribution in [0.1, 0.15) is 19.4 Å². The van der Waals surface area contributed by atoms with Gasteiger partial charge in [-0.1, -0.05) is 23.8 Å². The van der Waals surface area contributed by atoms with Crippen LogP contribution in [0.4, 0.5) is 5.69 Å². The number of carbonyl (C=O) groups excluding carboxylic acids is 1. The average molecular weight is 299 g/mol. The van der Waals surface area contributed by atoms with Crippen LogP contribution in [0, 0.1) is 6.92 Å². The lowest BCUT2D eigenvalue weighted by atomic mass is 10.2. The summed E-state index contributed by atoms with van der Waals surface area (Å²) < 4.78 is 11.1. The van der Waals surface area contributed by atoms with Crippen molar-refractivity contribution >= 4 is 11.6 Å². The van der Waals surface area contributed by atoms with Gasteiger partial charge in [0, 0.05) is 11.8 Å². The summed E-state index contributed by atoms with van der Waals surface area (Å²) in [6, 6.07) is 14.9. The summed E-state index contributed by atoms with van der Waals surface area (Å²) in [7, 11) is 0. The first kappa shape index (κ1) is 15.9. The number of aryl methyl sites for hydroxylation is 1. The fourth-order valence-corrected chi connectivity index (χ4v) is 1.95. The summed E-state index contributed by atoms with van der Waals surface area (Å²) in [6.07, 6.45) is -0.585. The van der Waals surface area contributed by atoms with Gasteiger partial charge in [0.25, 0.3) is 5.91 Å². The summed E-state index contributed by atoms with van der Waals surface area (Å²) in [5, 5.41) is 2.83. The van der Waals surface area contributed by atoms with Gasteiger partial charge in [0.1, 0.15) is 11.5 Å². The van der Waals surface area contributed by atoms with E-state index in [0.29, 0.717) is 18.0 Å². The third-order valence-electron chi connectivity index (χ3n) is 3.12. The van der Waals surface area contributed by atoms with Crippen LogP contribution in [0.2, 0.25) is 0 Å². The van der Waals surface area contributed by atoms with E-state index in [1.54, 1.807) is 13.0 Å². The number of nitrogens with one attached hydrogen (secondary N) is 1. The third kappa shape index (κ3) is 4.52. The molecule has 0 aliphatic heterocycles. The Hall–Kier alpha value is -2.49. The maximum absolute atomic E-state index is 12.2. The van der Waals surface area contributed by atoms with Crippen molar-refractivity contribution in [3.8, 4) is 11.5 Å². The minimum atomic E-state index is -0.585. The van der Waals surface area contributed by atoms with E-state index in [1.807, 2.05) is 56.3 Å². The normalized spacial score (nSPS) is 11.6. The molecule has 0 aromatic heterocycles. The standard InChI is InChI=1S/C18H21NO3/c1-4-21-17-7-5-6-15(12-17)19-18(20)14(3)22-16-10-8-13(2)9-11-16/h5-12,14H,4H2,1-3H3,(H,19,20)/t14-/m1/s1. The molecule has 0 spiro atoms. The number of benzene rings is 2. The van der Waals surface area contributed by atoms with Gasteiger partial charge >= 0.3 is 0 Å². The predicted octanol–water partition coefficient (Wildman–Crippen LogP) is 3.80. The second-order valence-corrected chi connectivity index (χ2v) is 5.02. The fraction of sp³-hybridized carbons (Fsp3) is 0.278. The molecule has 0 saturated carbocycles. The minimum Gasteiger partial charge on any atom is -0.494 e. The summed E-state index contributed by atoms with van der Waals surface area (Å²) in [5.41, 5.74) is 1.84. The monoisotopic (exact) mass is 299 g/mol. The highest BCUT2D eigenvalue weighted by Crippen LogP contribution is 2.18. The molecule has 4 nitrogen and oxygen atoms in total. The fourth-order valence-electron chi connectivity index (χ4n) is 1.95. The van der Waals surface area contributed by atoms with Crippen LogP contribution in [-0.2, 0) is 4.79 Å². The molecular formula is C18H21NO3. The number of anilines is 1. The van der Waals surface area contributed by atoms with E-state index in [2.05, 4.69) is 5.32 Å². The molecule has 0 fully saturated rings. The Morgan fingerprint density at radius 2 is 1.86 bits per heavy atom. The van der Waals surface area contributed by atoms with Gasteiger partial charge in [-0.15, -0.1) is 0 Å². The molecule has 0 bridgehead atoms. The van der Waals surface area contributed by atoms with Crippen LogP contribution in [-0.4, -0.2) is 18.6 Å². The number of hydrogen-bond acceptors (Lipinski definition) is 3. The van der Waals surface area contributed by atoms with Gasteiger partial charge in [-0.05, 0) is 45.0 Å². The number of amides is 1. The first-order chi connectivity index (χ1) is 10.6. The highest BCUT2D eigenvalue weighted by Gasteiger charge is 2.15. The van der Waals surface area contributed by atoms with E-state index in [1.165, 1.54) is 0 Å². The van der Waals surface area contributed by atoms with Gasteiger partial charge < -0.3 is 14.8 Å². The number of carbonyl (C=O) groups is 1. The summed E-state index contributed by atoms with van der Waals surface area (Å²) in [5.74, 6) is 1.21. The highest BCUT2D eigenvalue weighted by molar-refractivity contribution is 5.94. The van der Waals surface area contributed by atoms with Crippen molar-refractivity contribution in [3.63, 3.8) is 0 Å². The summed E-state index contributed by atoms with van der Waals surface area (Å²) in [4.78, 5) is 12.2. The minimum absolute atomic E-state index is 0.200. The van der Waals surface area contributed by atoms with Crippen LogP contribution in [0.5, 0.6) is 11.5 Å². The average Bonchev–Trinajstić information content (AvgIpc) is 2.50. The molecule has 0 aliphatic carbocycles. The van der Waals surface area contributed by atoms with Crippen molar-refractivity contribution in [1.82, 2.24) is 0 Å². The topological polar surface area (TPSA) is 47.6 Å². The smallest absolute Gasteiger partial charge is 0.265 e. The van der Waals surface area contributed by atoms with Crippen LogP contribution in [0.15, 0.2) is 48.5 Å². The molecule has 2 rings (SSSR count). The lowest BCUT2D eigenvalue weighted by Crippen LogP contribution is -2.30. The molecule has 22 heavy (non-hydrogen) atoms. The van der Waals surface area contributed by atoms with Crippen molar-refractivity contribution in [2.24, 2.45) is 0 Å². The van der Waals surface area contributed by atoms with Gasteiger partial charge in [-0.2, -0.15) is 0 Å². The van der Waals surface area contributed by atoms with Crippen molar-refractivity contribution < 1.29 is 14.3 Å². The molecule has 0 unspecified atom stereocenters. The number of rotatable bonds is 6. The lowest BCUT2D eigenvalue weighted by molar-refractivity contribution is -0.122. The zero-order valence-electron chi connectivity index (χ0n) is 13.1. The summed E-state index contributed by atoms with van der Waals surface area (Å²) in [6.45, 7) is 6.24. The van der Waals surface area contributed by atoms with Gasteiger partial charge in [0.15, 0.2) is 6.10 Å². The third-order valence-corrected chi connectivity index (χ3v) is 3.12. The second-order valence-electron chi connectivity index (χ2n) is 5.02. The van der Waals surface area contributed by atoms with Crippen molar-refractivity contribution in [2.45, 2.75) is 26.9 Å². The molecule has 1 amide bonds. The van der Waals surface area contributed by atoms with Gasteiger partial charge in [-0.3, -0.25) is 4.79 Å². The Balaban J connectivity index is 1.96. The predicted molar refractivity (Wildman–Crippen MR) is 87.5 cm³/mol.